The minimum absolute atomic E-state index is 0.183. The van der Waals surface area contributed by atoms with E-state index in [0.29, 0.717) is 6.04 Å². The highest BCUT2D eigenvalue weighted by Gasteiger charge is 2.51. The average Bonchev–Trinajstić information content (AvgIpc) is 3.24. The summed E-state index contributed by atoms with van der Waals surface area (Å²) in [6.07, 6.45) is 3.40. The number of methoxy groups -OCH3 is 2. The summed E-state index contributed by atoms with van der Waals surface area (Å²) >= 11 is 0. The molecule has 0 amide bonds. The molecule has 2 fully saturated rings. The molecular weight excluding hydrogens is 254 g/mol. The normalized spacial score (nSPS) is 31.6. The molecule has 3 aliphatic rings. The van der Waals surface area contributed by atoms with Gasteiger partial charge in [-0.25, -0.2) is 0 Å². The van der Waals surface area contributed by atoms with Crippen molar-refractivity contribution in [2.75, 3.05) is 33.9 Å². The molecule has 4 heteroatoms. The first-order chi connectivity index (χ1) is 9.74. The molecule has 2 atom stereocenters. The summed E-state index contributed by atoms with van der Waals surface area (Å²) in [5.41, 5.74) is 2.99. The Bertz CT molecular complexity index is 539. The summed E-state index contributed by atoms with van der Waals surface area (Å²) in [6, 6.07) is 4.81. The molecule has 0 N–H and O–H groups in total. The molecule has 1 spiro atoms. The van der Waals surface area contributed by atoms with Crippen molar-refractivity contribution in [3.05, 3.63) is 23.3 Å². The lowest BCUT2D eigenvalue weighted by Gasteiger charge is -2.43. The highest BCUT2D eigenvalue weighted by Crippen LogP contribution is 2.49. The third-order valence-corrected chi connectivity index (χ3v) is 5.09. The molecule has 0 bridgehead atoms. The van der Waals surface area contributed by atoms with Crippen LogP contribution < -0.4 is 9.47 Å². The standard InChI is InChI=1S/C16H21NO3/c1-18-14-7-11-3-5-17-6-4-16(10-20-16)9-13(17)12(11)8-15(14)19-2/h7-8,13H,3-6,9-10H2,1-2H3/t13-,16+/m0/s1. The van der Waals surface area contributed by atoms with E-state index < -0.39 is 0 Å². The quantitative estimate of drug-likeness (QED) is 0.775. The van der Waals surface area contributed by atoms with Gasteiger partial charge in [0.05, 0.1) is 26.4 Å². The maximum absolute atomic E-state index is 5.72. The van der Waals surface area contributed by atoms with E-state index in [2.05, 4.69) is 17.0 Å². The Kier molecular flexibility index (Phi) is 2.72. The van der Waals surface area contributed by atoms with E-state index >= 15 is 0 Å². The van der Waals surface area contributed by atoms with E-state index in [-0.39, 0.29) is 5.60 Å². The predicted molar refractivity (Wildman–Crippen MR) is 75.5 cm³/mol. The minimum atomic E-state index is 0.183. The van der Waals surface area contributed by atoms with Crippen molar-refractivity contribution in [3.63, 3.8) is 0 Å². The van der Waals surface area contributed by atoms with Gasteiger partial charge in [-0.3, -0.25) is 4.90 Å². The summed E-state index contributed by atoms with van der Waals surface area (Å²) in [6.45, 7) is 3.24. The van der Waals surface area contributed by atoms with Gasteiger partial charge in [-0.2, -0.15) is 0 Å². The van der Waals surface area contributed by atoms with Crippen LogP contribution in [-0.4, -0.2) is 44.4 Å². The maximum atomic E-state index is 5.72. The summed E-state index contributed by atoms with van der Waals surface area (Å²) in [4.78, 5) is 2.60. The fourth-order valence-electron chi connectivity index (χ4n) is 3.75. The third-order valence-electron chi connectivity index (χ3n) is 5.09. The Balaban J connectivity index is 1.74. The zero-order valence-corrected chi connectivity index (χ0v) is 12.1. The number of hydrogen-bond acceptors (Lipinski definition) is 4. The Morgan fingerprint density at radius 3 is 2.65 bits per heavy atom. The topological polar surface area (TPSA) is 34.2 Å². The molecular formula is C16H21NO3. The monoisotopic (exact) mass is 275 g/mol. The van der Waals surface area contributed by atoms with Gasteiger partial charge in [-0.05, 0) is 42.5 Å². The number of ether oxygens (including phenoxy) is 3. The van der Waals surface area contributed by atoms with Crippen molar-refractivity contribution >= 4 is 0 Å². The summed E-state index contributed by atoms with van der Waals surface area (Å²) in [5, 5.41) is 0. The fraction of sp³-hybridized carbons (Fsp3) is 0.625. The van der Waals surface area contributed by atoms with Gasteiger partial charge in [0.25, 0.3) is 0 Å². The van der Waals surface area contributed by atoms with Gasteiger partial charge < -0.3 is 14.2 Å². The smallest absolute Gasteiger partial charge is 0.161 e. The molecule has 20 heavy (non-hydrogen) atoms. The number of fused-ring (bicyclic) bond motifs is 3. The fourth-order valence-corrected chi connectivity index (χ4v) is 3.75. The second kappa shape index (κ2) is 4.37. The van der Waals surface area contributed by atoms with Gasteiger partial charge >= 0.3 is 0 Å². The van der Waals surface area contributed by atoms with E-state index in [1.807, 2.05) is 0 Å². The van der Waals surface area contributed by atoms with Crippen molar-refractivity contribution in [2.24, 2.45) is 0 Å². The molecule has 4 nitrogen and oxygen atoms in total. The highest BCUT2D eigenvalue weighted by molar-refractivity contribution is 5.49. The van der Waals surface area contributed by atoms with Crippen LogP contribution in [0.4, 0.5) is 0 Å². The molecule has 2 saturated heterocycles. The molecule has 0 aromatic heterocycles. The Hall–Kier alpha value is -1.26. The van der Waals surface area contributed by atoms with Crippen molar-refractivity contribution in [1.82, 2.24) is 4.90 Å². The predicted octanol–water partition coefficient (Wildman–Crippen LogP) is 2.17. The third kappa shape index (κ3) is 1.82. The van der Waals surface area contributed by atoms with Crippen LogP contribution in [0.15, 0.2) is 12.1 Å². The molecule has 1 aromatic rings. The van der Waals surface area contributed by atoms with Gasteiger partial charge in [-0.15, -0.1) is 0 Å². The van der Waals surface area contributed by atoms with E-state index in [1.165, 1.54) is 17.5 Å². The van der Waals surface area contributed by atoms with E-state index in [4.69, 9.17) is 14.2 Å². The summed E-state index contributed by atoms with van der Waals surface area (Å²) in [7, 11) is 3.41. The van der Waals surface area contributed by atoms with Gasteiger partial charge in [0.15, 0.2) is 11.5 Å². The average molecular weight is 275 g/mol. The van der Waals surface area contributed by atoms with Crippen LogP contribution in [0.2, 0.25) is 0 Å². The molecule has 3 heterocycles. The number of rotatable bonds is 2. The first-order valence-electron chi connectivity index (χ1n) is 7.37. The zero-order chi connectivity index (χ0) is 13.7. The van der Waals surface area contributed by atoms with Gasteiger partial charge in [0.1, 0.15) is 0 Å². The van der Waals surface area contributed by atoms with Crippen LogP contribution >= 0.6 is 0 Å². The van der Waals surface area contributed by atoms with Crippen LogP contribution in [0.25, 0.3) is 0 Å². The lowest BCUT2D eigenvalue weighted by molar-refractivity contribution is 0.0800. The molecule has 0 unspecified atom stereocenters. The molecule has 4 rings (SSSR count). The van der Waals surface area contributed by atoms with Crippen molar-refractivity contribution < 1.29 is 14.2 Å². The molecule has 1 aromatic carbocycles. The van der Waals surface area contributed by atoms with Crippen molar-refractivity contribution in [1.29, 1.82) is 0 Å². The Morgan fingerprint density at radius 1 is 1.20 bits per heavy atom. The zero-order valence-electron chi connectivity index (χ0n) is 12.1. The van der Waals surface area contributed by atoms with Gasteiger partial charge in [0, 0.05) is 19.1 Å². The van der Waals surface area contributed by atoms with Crippen LogP contribution in [-0.2, 0) is 11.2 Å². The maximum Gasteiger partial charge on any atom is 0.161 e. The molecule has 0 radical (unpaired) electrons. The number of epoxide rings is 1. The molecule has 0 aliphatic carbocycles. The van der Waals surface area contributed by atoms with Crippen LogP contribution in [0.5, 0.6) is 11.5 Å². The Labute approximate surface area is 119 Å². The van der Waals surface area contributed by atoms with E-state index in [0.717, 1.165) is 44.0 Å². The lowest BCUT2D eigenvalue weighted by atomic mass is 9.82. The van der Waals surface area contributed by atoms with Crippen molar-refractivity contribution in [2.45, 2.75) is 30.9 Å². The van der Waals surface area contributed by atoms with Crippen LogP contribution in [0.3, 0.4) is 0 Å². The first-order valence-corrected chi connectivity index (χ1v) is 7.37. The number of hydrogen-bond donors (Lipinski definition) is 0. The molecule has 3 aliphatic heterocycles. The van der Waals surface area contributed by atoms with E-state index in [1.54, 1.807) is 14.2 Å². The number of nitrogens with zero attached hydrogens (tertiary/aromatic N) is 1. The second-order valence-electron chi connectivity index (χ2n) is 6.13. The van der Waals surface area contributed by atoms with Crippen LogP contribution in [0.1, 0.15) is 30.0 Å². The highest BCUT2D eigenvalue weighted by atomic mass is 16.6. The Morgan fingerprint density at radius 2 is 1.95 bits per heavy atom. The first kappa shape index (κ1) is 12.5. The van der Waals surface area contributed by atoms with E-state index in [9.17, 15) is 0 Å². The SMILES string of the molecule is COc1cc2c(cc1OC)[C@@H]1C[C@]3(CCN1CC2)CO3. The lowest BCUT2D eigenvalue weighted by Crippen LogP contribution is -2.44. The van der Waals surface area contributed by atoms with Crippen LogP contribution in [0, 0.1) is 0 Å². The minimum Gasteiger partial charge on any atom is -0.493 e. The number of piperidine rings is 1. The summed E-state index contributed by atoms with van der Waals surface area (Å²) in [5.74, 6) is 1.68. The molecule has 108 valence electrons. The summed E-state index contributed by atoms with van der Waals surface area (Å²) < 4.78 is 16.6. The van der Waals surface area contributed by atoms with Gasteiger partial charge in [0.2, 0.25) is 0 Å². The molecule has 0 saturated carbocycles. The van der Waals surface area contributed by atoms with Crippen molar-refractivity contribution in [3.8, 4) is 11.5 Å². The second-order valence-corrected chi connectivity index (χ2v) is 6.13. The van der Waals surface area contributed by atoms with Gasteiger partial charge in [-0.1, -0.05) is 0 Å². The largest absolute Gasteiger partial charge is 0.493 e. The number of benzene rings is 1.